The molecule has 3 aromatic heterocycles. The van der Waals surface area contributed by atoms with Gasteiger partial charge in [-0.15, -0.1) is 10.2 Å². The van der Waals surface area contributed by atoms with Gasteiger partial charge in [0.05, 0.1) is 5.52 Å². The van der Waals surface area contributed by atoms with E-state index >= 15 is 0 Å². The summed E-state index contributed by atoms with van der Waals surface area (Å²) in [7, 11) is 0. The summed E-state index contributed by atoms with van der Waals surface area (Å²) in [5, 5.41) is 21.3. The summed E-state index contributed by atoms with van der Waals surface area (Å²) in [5.41, 5.74) is 4.36. The Labute approximate surface area is 169 Å². The van der Waals surface area contributed by atoms with Crippen LogP contribution in [0.15, 0.2) is 62.9 Å². The maximum atomic E-state index is 12.1. The molecule has 2 aromatic carbocycles. The first kappa shape index (κ1) is 17.8. The number of benzene rings is 2. The topological polar surface area (TPSA) is 80.6 Å². The zero-order chi connectivity index (χ0) is 20.1. The number of aryl methyl sites for hydroxylation is 2. The quantitative estimate of drug-likeness (QED) is 0.350. The van der Waals surface area contributed by atoms with Gasteiger partial charge in [0.1, 0.15) is 11.3 Å². The number of pyridine rings is 1. The number of rotatable bonds is 3. The Balaban J connectivity index is 1.61. The molecule has 0 radical (unpaired) electrons. The Morgan fingerprint density at radius 1 is 1.07 bits per heavy atom. The van der Waals surface area contributed by atoms with Crippen LogP contribution in [-0.2, 0) is 5.75 Å². The molecular formula is C22H17N3O3S. The minimum atomic E-state index is -0.436. The molecule has 0 unspecified atom stereocenters. The van der Waals surface area contributed by atoms with Gasteiger partial charge >= 0.3 is 5.63 Å². The van der Waals surface area contributed by atoms with Gasteiger partial charge in [0, 0.05) is 28.2 Å². The summed E-state index contributed by atoms with van der Waals surface area (Å²) < 4.78 is 7.37. The second-order valence-corrected chi connectivity index (χ2v) is 7.93. The molecule has 0 aliphatic carbocycles. The monoisotopic (exact) mass is 403 g/mol. The minimum Gasteiger partial charge on any atom is -0.508 e. The number of hydrogen-bond acceptors (Lipinski definition) is 6. The van der Waals surface area contributed by atoms with Crippen molar-refractivity contribution in [3.63, 3.8) is 0 Å². The zero-order valence-electron chi connectivity index (χ0n) is 15.8. The number of phenols is 1. The first-order chi connectivity index (χ1) is 14.0. The Bertz CT molecular complexity index is 1470. The molecule has 0 spiro atoms. The number of para-hydroxylation sites is 1. The highest BCUT2D eigenvalue weighted by Crippen LogP contribution is 2.32. The predicted octanol–water partition coefficient (Wildman–Crippen LogP) is 4.60. The van der Waals surface area contributed by atoms with Crippen LogP contribution in [-0.4, -0.2) is 19.7 Å². The van der Waals surface area contributed by atoms with Crippen LogP contribution in [0.1, 0.15) is 16.7 Å². The lowest BCUT2D eigenvalue weighted by molar-refractivity contribution is 0.468. The Hall–Kier alpha value is -3.32. The van der Waals surface area contributed by atoms with Gasteiger partial charge in [-0.2, -0.15) is 0 Å². The number of thioether (sulfide) groups is 1. The molecule has 0 aliphatic rings. The van der Waals surface area contributed by atoms with Crippen molar-refractivity contribution in [1.82, 2.24) is 14.6 Å². The summed E-state index contributed by atoms with van der Waals surface area (Å²) in [6.45, 7) is 3.80. The van der Waals surface area contributed by atoms with Crippen molar-refractivity contribution in [2.24, 2.45) is 0 Å². The van der Waals surface area contributed by atoms with Gasteiger partial charge in [0.25, 0.3) is 0 Å². The van der Waals surface area contributed by atoms with Crippen molar-refractivity contribution >= 4 is 39.3 Å². The molecule has 29 heavy (non-hydrogen) atoms. The fraction of sp³-hybridized carbons (Fsp3) is 0.136. The summed E-state index contributed by atoms with van der Waals surface area (Å²) in [5.74, 6) is 0.630. The van der Waals surface area contributed by atoms with Gasteiger partial charge < -0.3 is 9.52 Å². The van der Waals surface area contributed by atoms with Gasteiger partial charge in [-0.25, -0.2) is 4.79 Å². The predicted molar refractivity (Wildman–Crippen MR) is 114 cm³/mol. The highest BCUT2D eigenvalue weighted by atomic mass is 32.2. The Morgan fingerprint density at radius 3 is 2.76 bits per heavy atom. The number of phenolic OH excluding ortho intramolecular Hbond substituents is 1. The van der Waals surface area contributed by atoms with E-state index < -0.39 is 5.63 Å². The second-order valence-electron chi connectivity index (χ2n) is 6.99. The standard InChI is InChI=1S/C22H17N3O3S/c1-12-9-19-23-24-22(25(19)17-6-4-3-5-15(12)17)29-11-14-10-20(27)28-21-13(2)18(26)8-7-16(14)21/h3-10,26H,11H2,1-2H3. The van der Waals surface area contributed by atoms with Gasteiger partial charge in [-0.05, 0) is 49.2 Å². The maximum Gasteiger partial charge on any atom is 0.336 e. The number of aromatic nitrogens is 3. The lowest BCUT2D eigenvalue weighted by Gasteiger charge is -2.09. The van der Waals surface area contributed by atoms with Crippen LogP contribution >= 0.6 is 11.8 Å². The summed E-state index contributed by atoms with van der Waals surface area (Å²) in [4.78, 5) is 12.1. The largest absolute Gasteiger partial charge is 0.508 e. The van der Waals surface area contributed by atoms with Crippen LogP contribution in [0.2, 0.25) is 0 Å². The van der Waals surface area contributed by atoms with Gasteiger partial charge in [0.15, 0.2) is 10.8 Å². The number of aromatic hydroxyl groups is 1. The molecule has 0 saturated carbocycles. The van der Waals surface area contributed by atoms with E-state index in [0.29, 0.717) is 16.9 Å². The van der Waals surface area contributed by atoms with Crippen LogP contribution in [0.3, 0.4) is 0 Å². The fourth-order valence-electron chi connectivity index (χ4n) is 3.65. The summed E-state index contributed by atoms with van der Waals surface area (Å²) in [6, 6.07) is 15.1. The molecule has 0 atom stereocenters. The molecule has 0 bridgehead atoms. The summed E-state index contributed by atoms with van der Waals surface area (Å²) in [6.07, 6.45) is 0. The van der Waals surface area contributed by atoms with E-state index in [-0.39, 0.29) is 5.75 Å². The van der Waals surface area contributed by atoms with E-state index in [0.717, 1.165) is 38.2 Å². The second kappa shape index (κ2) is 6.63. The van der Waals surface area contributed by atoms with Crippen molar-refractivity contribution < 1.29 is 9.52 Å². The molecule has 0 aliphatic heterocycles. The molecule has 5 aromatic rings. The lowest BCUT2D eigenvalue weighted by atomic mass is 10.1. The van der Waals surface area contributed by atoms with Crippen molar-refractivity contribution in [3.8, 4) is 5.75 Å². The van der Waals surface area contributed by atoms with E-state index in [1.807, 2.05) is 22.6 Å². The molecule has 6 nitrogen and oxygen atoms in total. The molecule has 0 amide bonds. The zero-order valence-corrected chi connectivity index (χ0v) is 16.7. The average molecular weight is 403 g/mol. The van der Waals surface area contributed by atoms with Crippen molar-refractivity contribution in [2.75, 3.05) is 0 Å². The van der Waals surface area contributed by atoms with Gasteiger partial charge in [0.2, 0.25) is 0 Å². The van der Waals surface area contributed by atoms with Gasteiger partial charge in [-0.3, -0.25) is 4.40 Å². The van der Waals surface area contributed by atoms with Crippen LogP contribution < -0.4 is 5.63 Å². The van der Waals surface area contributed by atoms with Crippen LogP contribution in [0.4, 0.5) is 0 Å². The van der Waals surface area contributed by atoms with Crippen LogP contribution in [0, 0.1) is 13.8 Å². The third-order valence-electron chi connectivity index (χ3n) is 5.15. The third kappa shape index (κ3) is 2.86. The molecule has 7 heteroatoms. The molecule has 5 rings (SSSR count). The molecular weight excluding hydrogens is 386 g/mol. The Morgan fingerprint density at radius 2 is 1.90 bits per heavy atom. The van der Waals surface area contributed by atoms with Crippen molar-refractivity contribution in [2.45, 2.75) is 24.8 Å². The van der Waals surface area contributed by atoms with Crippen LogP contribution in [0.5, 0.6) is 5.75 Å². The van der Waals surface area contributed by atoms with Crippen molar-refractivity contribution in [3.05, 3.63) is 75.6 Å². The molecule has 0 fully saturated rings. The normalized spacial score (nSPS) is 11.7. The molecule has 144 valence electrons. The van der Waals surface area contributed by atoms with E-state index in [1.165, 1.54) is 17.8 Å². The first-order valence-corrected chi connectivity index (χ1v) is 10.1. The highest BCUT2D eigenvalue weighted by molar-refractivity contribution is 7.98. The molecule has 0 saturated heterocycles. The van der Waals surface area contributed by atoms with Gasteiger partial charge in [-0.1, -0.05) is 30.0 Å². The number of hydrogen-bond donors (Lipinski definition) is 1. The number of fused-ring (bicyclic) bond motifs is 4. The van der Waals surface area contributed by atoms with Crippen molar-refractivity contribution in [1.29, 1.82) is 0 Å². The highest BCUT2D eigenvalue weighted by Gasteiger charge is 2.14. The van der Waals surface area contributed by atoms with E-state index in [2.05, 4.69) is 29.3 Å². The SMILES string of the molecule is Cc1cc2nnc(SCc3cc(=O)oc4c(C)c(O)ccc34)n2c2ccccc12. The summed E-state index contributed by atoms with van der Waals surface area (Å²) >= 11 is 1.51. The fourth-order valence-corrected chi connectivity index (χ4v) is 4.59. The van der Waals surface area contributed by atoms with E-state index in [1.54, 1.807) is 19.1 Å². The molecule has 1 N–H and O–H groups in total. The third-order valence-corrected chi connectivity index (χ3v) is 6.13. The molecule has 3 heterocycles. The smallest absolute Gasteiger partial charge is 0.336 e. The Kier molecular flexibility index (Phi) is 4.06. The average Bonchev–Trinajstić information content (AvgIpc) is 3.12. The first-order valence-electron chi connectivity index (χ1n) is 9.14. The lowest BCUT2D eigenvalue weighted by Crippen LogP contribution is -2.01. The minimum absolute atomic E-state index is 0.107. The van der Waals surface area contributed by atoms with E-state index in [9.17, 15) is 9.90 Å². The van der Waals surface area contributed by atoms with E-state index in [4.69, 9.17) is 4.42 Å². The van der Waals surface area contributed by atoms with Crippen LogP contribution in [0.25, 0.3) is 27.5 Å². The number of nitrogens with zero attached hydrogens (tertiary/aromatic N) is 3. The maximum absolute atomic E-state index is 12.1.